The zero-order valence-corrected chi connectivity index (χ0v) is 14.4. The number of amides is 1. The van der Waals surface area contributed by atoms with Crippen LogP contribution in [0.25, 0.3) is 0 Å². The second-order valence-corrected chi connectivity index (χ2v) is 5.66. The van der Waals surface area contributed by atoms with Crippen LogP contribution in [-0.4, -0.2) is 25.1 Å². The van der Waals surface area contributed by atoms with Crippen molar-refractivity contribution in [3.8, 4) is 5.75 Å². The van der Waals surface area contributed by atoms with Gasteiger partial charge in [0.05, 0.1) is 10.6 Å². The summed E-state index contributed by atoms with van der Waals surface area (Å²) in [6.45, 7) is 1.65. The number of hydrogen-bond donors (Lipinski definition) is 1. The van der Waals surface area contributed by atoms with Crippen LogP contribution >= 0.6 is 23.2 Å². The lowest BCUT2D eigenvalue weighted by Gasteiger charge is -2.09. The van der Waals surface area contributed by atoms with Crippen molar-refractivity contribution in [3.05, 3.63) is 58.1 Å². The number of halogens is 2. The molecule has 0 saturated heterocycles. The van der Waals surface area contributed by atoms with Gasteiger partial charge in [-0.15, -0.1) is 0 Å². The molecule has 0 heterocycles. The Kier molecular flexibility index (Phi) is 6.46. The highest BCUT2D eigenvalue weighted by atomic mass is 35.5. The molecule has 0 aliphatic carbocycles. The lowest BCUT2D eigenvalue weighted by atomic mass is 10.2. The molecule has 0 bridgehead atoms. The van der Waals surface area contributed by atoms with Crippen LogP contribution in [0.2, 0.25) is 10.0 Å². The van der Waals surface area contributed by atoms with Crippen LogP contribution in [0.1, 0.15) is 17.3 Å². The molecule has 0 unspecified atom stereocenters. The van der Waals surface area contributed by atoms with E-state index in [1.807, 2.05) is 0 Å². The van der Waals surface area contributed by atoms with Gasteiger partial charge in [0.15, 0.2) is 0 Å². The summed E-state index contributed by atoms with van der Waals surface area (Å²) in [7, 11) is 0. The van der Waals surface area contributed by atoms with E-state index in [0.29, 0.717) is 27.0 Å². The van der Waals surface area contributed by atoms with Gasteiger partial charge in [-0.3, -0.25) is 4.79 Å². The van der Waals surface area contributed by atoms with Gasteiger partial charge in [0, 0.05) is 17.6 Å². The smallest absolute Gasteiger partial charge is 0.338 e. The Hall–Kier alpha value is -2.24. The minimum absolute atomic E-state index is 0.0746. The molecular weight excluding hydrogens is 353 g/mol. The van der Waals surface area contributed by atoms with Gasteiger partial charge in [0.25, 0.3) is 0 Å². The Bertz CT molecular complexity index is 732. The first kappa shape index (κ1) is 18.1. The zero-order valence-electron chi connectivity index (χ0n) is 12.8. The largest absolute Gasteiger partial charge is 0.488 e. The second-order valence-electron chi connectivity index (χ2n) is 4.82. The number of nitrogens with one attached hydrogen (secondary N) is 1. The minimum atomic E-state index is -0.477. The van der Waals surface area contributed by atoms with E-state index in [9.17, 15) is 9.59 Å². The van der Waals surface area contributed by atoms with Crippen LogP contribution in [-0.2, 0) is 9.53 Å². The molecule has 0 aromatic heterocycles. The Balaban J connectivity index is 1.79. The Morgan fingerprint density at radius 3 is 2.38 bits per heavy atom. The molecule has 2 aromatic rings. The molecule has 0 radical (unpaired) electrons. The average Bonchev–Trinajstić information content (AvgIpc) is 2.53. The van der Waals surface area contributed by atoms with E-state index < -0.39 is 5.97 Å². The van der Waals surface area contributed by atoms with Crippen molar-refractivity contribution < 1.29 is 19.1 Å². The highest BCUT2D eigenvalue weighted by Gasteiger charge is 2.08. The molecule has 0 saturated carbocycles. The van der Waals surface area contributed by atoms with E-state index >= 15 is 0 Å². The third kappa shape index (κ3) is 5.44. The first-order chi connectivity index (χ1) is 11.5. The van der Waals surface area contributed by atoms with Crippen LogP contribution in [0.15, 0.2) is 42.5 Å². The highest BCUT2D eigenvalue weighted by Crippen LogP contribution is 2.27. The molecule has 0 aliphatic heterocycles. The first-order valence-electron chi connectivity index (χ1n) is 7.08. The fraction of sp³-hybridized carbons (Fsp3) is 0.176. The van der Waals surface area contributed by atoms with Gasteiger partial charge < -0.3 is 14.8 Å². The van der Waals surface area contributed by atoms with Crippen LogP contribution in [0.4, 0.5) is 5.69 Å². The quantitative estimate of drug-likeness (QED) is 0.614. The van der Waals surface area contributed by atoms with Gasteiger partial charge in [0.1, 0.15) is 19.0 Å². The van der Waals surface area contributed by atoms with Crippen molar-refractivity contribution >= 4 is 40.8 Å². The maximum atomic E-state index is 11.9. The molecule has 7 heteroatoms. The molecule has 1 amide bonds. The van der Waals surface area contributed by atoms with Crippen LogP contribution in [0.3, 0.4) is 0 Å². The van der Waals surface area contributed by atoms with Crippen LogP contribution < -0.4 is 10.1 Å². The standard InChI is InChI=1S/C17H15Cl2NO4/c1-11(21)20-14-5-2-12(3-6-14)17(22)24-9-8-23-16-7-4-13(18)10-15(16)19/h2-7,10H,8-9H2,1H3,(H,20,21). The summed E-state index contributed by atoms with van der Waals surface area (Å²) in [6, 6.07) is 11.3. The van der Waals surface area contributed by atoms with Crippen molar-refractivity contribution in [1.82, 2.24) is 0 Å². The Labute approximate surface area is 149 Å². The predicted octanol–water partition coefficient (Wildman–Crippen LogP) is 4.19. The third-order valence-corrected chi connectivity index (χ3v) is 3.44. The summed E-state index contributed by atoms with van der Waals surface area (Å²) >= 11 is 11.8. The normalized spacial score (nSPS) is 10.1. The van der Waals surface area contributed by atoms with Gasteiger partial charge in [-0.25, -0.2) is 4.79 Å². The van der Waals surface area contributed by atoms with Gasteiger partial charge in [-0.05, 0) is 42.5 Å². The van der Waals surface area contributed by atoms with Crippen molar-refractivity contribution in [2.24, 2.45) is 0 Å². The number of anilines is 1. The first-order valence-corrected chi connectivity index (χ1v) is 7.84. The van der Waals surface area contributed by atoms with E-state index in [2.05, 4.69) is 5.32 Å². The molecular formula is C17H15Cl2NO4. The number of ether oxygens (including phenoxy) is 2. The van der Waals surface area contributed by atoms with E-state index in [1.54, 1.807) is 42.5 Å². The Morgan fingerprint density at radius 2 is 1.75 bits per heavy atom. The maximum Gasteiger partial charge on any atom is 0.338 e. The number of rotatable bonds is 6. The number of esters is 1. The van der Waals surface area contributed by atoms with Gasteiger partial charge in [-0.2, -0.15) is 0 Å². The lowest BCUT2D eigenvalue weighted by molar-refractivity contribution is -0.114. The molecule has 2 aromatic carbocycles. The molecule has 0 spiro atoms. The Morgan fingerprint density at radius 1 is 1.04 bits per heavy atom. The SMILES string of the molecule is CC(=O)Nc1ccc(C(=O)OCCOc2ccc(Cl)cc2Cl)cc1. The molecule has 24 heavy (non-hydrogen) atoms. The molecule has 5 nitrogen and oxygen atoms in total. The summed E-state index contributed by atoms with van der Waals surface area (Å²) in [5.74, 6) is -0.185. The minimum Gasteiger partial charge on any atom is -0.488 e. The van der Waals surface area contributed by atoms with Crippen molar-refractivity contribution in [2.45, 2.75) is 6.92 Å². The van der Waals surface area contributed by atoms with Crippen molar-refractivity contribution in [1.29, 1.82) is 0 Å². The van der Waals surface area contributed by atoms with Gasteiger partial charge in [0.2, 0.25) is 5.91 Å². The molecule has 1 N–H and O–H groups in total. The summed E-state index contributed by atoms with van der Waals surface area (Å²) in [4.78, 5) is 22.8. The highest BCUT2D eigenvalue weighted by molar-refractivity contribution is 6.35. The summed E-state index contributed by atoms with van der Waals surface area (Å²) < 4.78 is 10.5. The van der Waals surface area contributed by atoms with E-state index in [4.69, 9.17) is 32.7 Å². The number of carbonyl (C=O) groups is 2. The predicted molar refractivity (Wildman–Crippen MR) is 93.0 cm³/mol. The van der Waals surface area contributed by atoms with E-state index in [1.165, 1.54) is 6.92 Å². The zero-order chi connectivity index (χ0) is 17.5. The molecule has 0 aliphatic rings. The summed E-state index contributed by atoms with van der Waals surface area (Å²) in [6.07, 6.45) is 0. The van der Waals surface area contributed by atoms with Gasteiger partial charge >= 0.3 is 5.97 Å². The molecule has 2 rings (SSSR count). The third-order valence-electron chi connectivity index (χ3n) is 2.91. The van der Waals surface area contributed by atoms with Crippen LogP contribution in [0.5, 0.6) is 5.75 Å². The number of hydrogen-bond acceptors (Lipinski definition) is 4. The summed E-state index contributed by atoms with van der Waals surface area (Å²) in [5, 5.41) is 3.52. The number of benzene rings is 2. The van der Waals surface area contributed by atoms with Crippen molar-refractivity contribution in [2.75, 3.05) is 18.5 Å². The maximum absolute atomic E-state index is 11.9. The molecule has 0 fully saturated rings. The fourth-order valence-electron chi connectivity index (χ4n) is 1.85. The summed E-state index contributed by atoms with van der Waals surface area (Å²) in [5.41, 5.74) is 0.994. The number of carbonyl (C=O) groups excluding carboxylic acids is 2. The average molecular weight is 368 g/mol. The topological polar surface area (TPSA) is 64.6 Å². The van der Waals surface area contributed by atoms with Crippen molar-refractivity contribution in [3.63, 3.8) is 0 Å². The van der Waals surface area contributed by atoms with E-state index in [0.717, 1.165) is 0 Å². The fourth-order valence-corrected chi connectivity index (χ4v) is 2.32. The lowest BCUT2D eigenvalue weighted by Crippen LogP contribution is -2.12. The van der Waals surface area contributed by atoms with Crippen LogP contribution in [0, 0.1) is 0 Å². The molecule has 0 atom stereocenters. The second kappa shape index (κ2) is 8.57. The monoisotopic (exact) mass is 367 g/mol. The van der Waals surface area contributed by atoms with Gasteiger partial charge in [-0.1, -0.05) is 23.2 Å². The van der Waals surface area contributed by atoms with E-state index in [-0.39, 0.29) is 19.1 Å². The molecule has 126 valence electrons.